The van der Waals surface area contributed by atoms with Crippen LogP contribution >= 0.6 is 0 Å². The summed E-state index contributed by atoms with van der Waals surface area (Å²) >= 11 is 0. The van der Waals surface area contributed by atoms with Gasteiger partial charge in [0.25, 0.3) is 0 Å². The van der Waals surface area contributed by atoms with E-state index in [0.717, 1.165) is 0 Å². The van der Waals surface area contributed by atoms with E-state index in [2.05, 4.69) is 6.07 Å². The molecule has 2 aromatic rings. The van der Waals surface area contributed by atoms with Crippen LogP contribution in [0.4, 0.5) is 0 Å². The fourth-order valence-corrected chi connectivity index (χ4v) is 1.30. The number of aromatic nitrogens is 1. The Morgan fingerprint density at radius 3 is 2.62 bits per heavy atom. The van der Waals surface area contributed by atoms with Crippen molar-refractivity contribution in [1.82, 2.24) is 4.73 Å². The van der Waals surface area contributed by atoms with Gasteiger partial charge in [-0.3, -0.25) is 0 Å². The molecule has 1 heterocycles. The van der Waals surface area contributed by atoms with Gasteiger partial charge >= 0.3 is 0 Å². The van der Waals surface area contributed by atoms with Crippen molar-refractivity contribution in [1.29, 1.82) is 0 Å². The van der Waals surface area contributed by atoms with Crippen LogP contribution in [0.15, 0.2) is 36.7 Å². The van der Waals surface area contributed by atoms with E-state index in [-0.39, 0.29) is 0 Å². The van der Waals surface area contributed by atoms with Crippen molar-refractivity contribution in [2.45, 2.75) is 0 Å². The highest BCUT2D eigenvalue weighted by atomic mass is 16.7. The molecule has 0 aliphatic rings. The van der Waals surface area contributed by atoms with E-state index < -0.39 is 0 Å². The van der Waals surface area contributed by atoms with Crippen LogP contribution in [0.25, 0.3) is 0 Å². The number of benzene rings is 1. The highest BCUT2D eigenvalue weighted by molar-refractivity contribution is 5.45. The minimum absolute atomic E-state index is 0.589. The van der Waals surface area contributed by atoms with Gasteiger partial charge in [-0.05, 0) is 18.2 Å². The summed E-state index contributed by atoms with van der Waals surface area (Å²) in [5.41, 5.74) is 0. The summed E-state index contributed by atoms with van der Waals surface area (Å²) in [4.78, 5) is 5.56. The third kappa shape index (κ3) is 2.11. The van der Waals surface area contributed by atoms with Gasteiger partial charge in [-0.2, -0.15) is 4.73 Å². The number of methoxy groups -OCH3 is 2. The lowest BCUT2D eigenvalue weighted by molar-refractivity contribution is 0.205. The van der Waals surface area contributed by atoms with E-state index in [1.165, 1.54) is 4.73 Å². The van der Waals surface area contributed by atoms with Crippen molar-refractivity contribution < 1.29 is 14.3 Å². The van der Waals surface area contributed by atoms with Gasteiger partial charge in [0.15, 0.2) is 5.75 Å². The number of hydrogen-bond acceptors (Lipinski definition) is 3. The minimum Gasteiger partial charge on any atom is -0.497 e. The van der Waals surface area contributed by atoms with Crippen LogP contribution in [0.3, 0.4) is 0 Å². The number of ether oxygens (including phenoxy) is 2. The Hall–Kier alpha value is -2.10. The lowest BCUT2D eigenvalue weighted by Crippen LogP contribution is -2.03. The first-order chi connectivity index (χ1) is 7.83. The Morgan fingerprint density at radius 1 is 1.12 bits per heavy atom. The Balaban J connectivity index is 2.30. The van der Waals surface area contributed by atoms with Crippen LogP contribution in [-0.4, -0.2) is 19.0 Å². The van der Waals surface area contributed by atoms with Gasteiger partial charge in [-0.15, -0.1) is 0 Å². The van der Waals surface area contributed by atoms with Crippen LogP contribution in [-0.2, 0) is 0 Å². The smallest absolute Gasteiger partial charge is 0.201 e. The van der Waals surface area contributed by atoms with E-state index in [4.69, 9.17) is 14.3 Å². The summed E-state index contributed by atoms with van der Waals surface area (Å²) in [6.45, 7) is 0. The molecule has 1 aromatic carbocycles. The molecule has 1 radical (unpaired) electrons. The summed E-state index contributed by atoms with van der Waals surface area (Å²) < 4.78 is 11.8. The molecular formula is C12H12NO3. The Labute approximate surface area is 93.9 Å². The lowest BCUT2D eigenvalue weighted by atomic mass is 10.3. The largest absolute Gasteiger partial charge is 0.497 e. The van der Waals surface area contributed by atoms with Gasteiger partial charge in [-0.25, -0.2) is 0 Å². The zero-order valence-electron chi connectivity index (χ0n) is 9.14. The summed E-state index contributed by atoms with van der Waals surface area (Å²) in [5.74, 6) is 1.95. The molecule has 0 unspecified atom stereocenters. The molecule has 0 spiro atoms. The topological polar surface area (TPSA) is 32.6 Å². The maximum absolute atomic E-state index is 5.56. The van der Waals surface area contributed by atoms with Gasteiger partial charge in [0.2, 0.25) is 5.75 Å². The number of hydrogen-bond donors (Lipinski definition) is 0. The molecule has 2 rings (SSSR count). The molecule has 83 valence electrons. The third-order valence-corrected chi connectivity index (χ3v) is 2.09. The molecule has 0 atom stereocenters. The molecular weight excluding hydrogens is 206 g/mol. The van der Waals surface area contributed by atoms with Gasteiger partial charge in [-0.1, -0.05) is 0 Å². The molecule has 0 N–H and O–H groups in total. The number of nitrogens with zero attached hydrogens (tertiary/aromatic N) is 1. The van der Waals surface area contributed by atoms with Crippen LogP contribution in [0.1, 0.15) is 0 Å². The second kappa shape index (κ2) is 4.61. The fourth-order valence-electron chi connectivity index (χ4n) is 1.30. The normalized spacial score (nSPS) is 9.88. The first-order valence-electron chi connectivity index (χ1n) is 4.78. The van der Waals surface area contributed by atoms with Gasteiger partial charge < -0.3 is 14.3 Å². The van der Waals surface area contributed by atoms with Crippen molar-refractivity contribution in [2.75, 3.05) is 14.2 Å². The van der Waals surface area contributed by atoms with Crippen molar-refractivity contribution in [3.63, 3.8) is 0 Å². The molecule has 0 aliphatic heterocycles. The van der Waals surface area contributed by atoms with E-state index in [9.17, 15) is 0 Å². The monoisotopic (exact) mass is 218 g/mol. The zero-order chi connectivity index (χ0) is 11.4. The van der Waals surface area contributed by atoms with Crippen molar-refractivity contribution in [3.05, 3.63) is 42.7 Å². The maximum atomic E-state index is 5.56. The molecule has 0 saturated carbocycles. The average molecular weight is 218 g/mol. The third-order valence-electron chi connectivity index (χ3n) is 2.09. The molecule has 4 nitrogen and oxygen atoms in total. The predicted molar refractivity (Wildman–Crippen MR) is 58.8 cm³/mol. The summed E-state index contributed by atoms with van der Waals surface area (Å²) in [7, 11) is 3.20. The summed E-state index contributed by atoms with van der Waals surface area (Å²) in [5, 5.41) is 0. The van der Waals surface area contributed by atoms with Crippen molar-refractivity contribution >= 4 is 0 Å². The molecule has 0 amide bonds. The second-order valence-corrected chi connectivity index (χ2v) is 3.08. The molecule has 0 fully saturated rings. The highest BCUT2D eigenvalue weighted by Gasteiger charge is 2.07. The van der Waals surface area contributed by atoms with Crippen LogP contribution < -0.4 is 14.3 Å². The number of rotatable bonds is 4. The molecule has 16 heavy (non-hydrogen) atoms. The molecule has 0 aliphatic carbocycles. The van der Waals surface area contributed by atoms with Gasteiger partial charge in [0.1, 0.15) is 5.75 Å². The first-order valence-corrected chi connectivity index (χ1v) is 4.78. The SMILES string of the molecule is COc1ccc(OC)c(On2c[c]cc2)c1. The van der Waals surface area contributed by atoms with Crippen molar-refractivity contribution in [3.8, 4) is 17.2 Å². The lowest BCUT2D eigenvalue weighted by Gasteiger charge is -2.11. The quantitative estimate of drug-likeness (QED) is 0.788. The fraction of sp³-hybridized carbons (Fsp3) is 0.167. The van der Waals surface area contributed by atoms with Gasteiger partial charge in [0, 0.05) is 18.3 Å². The molecule has 0 bridgehead atoms. The molecule has 1 aromatic heterocycles. The van der Waals surface area contributed by atoms with Crippen LogP contribution in [0.5, 0.6) is 17.2 Å². The van der Waals surface area contributed by atoms with Crippen LogP contribution in [0.2, 0.25) is 0 Å². The van der Waals surface area contributed by atoms with Gasteiger partial charge in [0.05, 0.1) is 20.4 Å². The van der Waals surface area contributed by atoms with Crippen molar-refractivity contribution in [2.24, 2.45) is 0 Å². The summed E-state index contributed by atoms with van der Waals surface area (Å²) in [6, 6.07) is 10.0. The standard InChI is InChI=1S/C12H12NO3/c1-14-10-5-6-11(15-2)12(9-10)16-13-7-3-4-8-13/h3,5-9H,1-2H3. The maximum Gasteiger partial charge on any atom is 0.201 e. The minimum atomic E-state index is 0.589. The highest BCUT2D eigenvalue weighted by Crippen LogP contribution is 2.31. The predicted octanol–water partition coefficient (Wildman–Crippen LogP) is 2.15. The first kappa shape index (κ1) is 10.4. The molecule has 0 saturated heterocycles. The van der Waals surface area contributed by atoms with E-state index in [1.807, 2.05) is 6.07 Å². The van der Waals surface area contributed by atoms with E-state index >= 15 is 0 Å². The second-order valence-electron chi connectivity index (χ2n) is 3.08. The summed E-state index contributed by atoms with van der Waals surface area (Å²) in [6.07, 6.45) is 3.43. The average Bonchev–Trinajstić information content (AvgIpc) is 2.82. The van der Waals surface area contributed by atoms with E-state index in [0.29, 0.717) is 17.2 Å². The Bertz CT molecular complexity index is 451. The van der Waals surface area contributed by atoms with E-state index in [1.54, 1.807) is 44.8 Å². The Morgan fingerprint density at radius 2 is 2.00 bits per heavy atom. The molecule has 4 heteroatoms. The zero-order valence-corrected chi connectivity index (χ0v) is 9.14. The Kier molecular flexibility index (Phi) is 3.00. The van der Waals surface area contributed by atoms with Crippen LogP contribution in [0, 0.1) is 6.07 Å².